The third-order valence-electron chi connectivity index (χ3n) is 15.8. The highest BCUT2D eigenvalue weighted by Crippen LogP contribution is 2.50. The number of phenols is 2. The first-order valence-corrected chi connectivity index (χ1v) is 38.6. The molecule has 0 amide bonds. The number of nitrogens with one attached hydrogen (secondary N) is 4. The Balaban J connectivity index is 0.879. The maximum absolute atomic E-state index is 14.0. The Morgan fingerprint density at radius 2 is 0.900 bits per heavy atom. The third-order valence-corrected chi connectivity index (χ3v) is 21.4. The van der Waals surface area contributed by atoms with Crippen LogP contribution < -0.4 is 31.1 Å². The summed E-state index contributed by atoms with van der Waals surface area (Å²) in [4.78, 5) is 45.6. The van der Waals surface area contributed by atoms with Gasteiger partial charge in [0.15, 0.2) is 11.5 Å². The molecule has 38 nitrogen and oxygen atoms in total. The number of fused-ring (bicyclic) bond motifs is 2. The standard InChI is InChI=1S/C66H64N16O22S6/c1-91-99-102-105-47-31-41-34-54(110(89,90)96-6)58(80-78-44-15-11-8-12-16-44)60(84)55(41)49(37-47)69-63-71-61(73-65(75-63)81-23-27-97-28-24-81)67-45-21-19-39(51(35-45)106-103-100-92-2)17-18-40-20-22-46(36-53(40)109(87,88)95-5)68-62-72-64(76-66(74-62)82-25-29-98-30-26-82)70-50-38-48(108(85,86)94-4)32-42-33-52(107-104-101-93-3)57(59(83)56(42)50)79-77-43-13-9-7-10-14-43/h7-22,31-38,83-84H,23-30H2,1-6H3,(H2,67,69,71,73,75)(H2,68,70,72,74,76). The SMILES string of the molecule is COOOSc1cc(Nc2nc(Nc3ccc(C=Cc4ccc(Nc5nc(Nc6cc(S(=O)(=O)OC)cc7cc(SOOOC)c(N=Nc8ccccc8)c(O)c67)nc(N6CCOCC6)n5)cc4S(=O)(=O)OC)c(SOOOC)c3)nc(N3CCOCC3)n2)c2c(O)c(N=Nc3ccccc3)c(S(=O)(=O)OC)cc2c1. The first-order valence-electron chi connectivity index (χ1n) is 32.1. The fraction of sp³-hybridized carbons (Fsp3) is 0.212. The van der Waals surface area contributed by atoms with Gasteiger partial charge in [0.25, 0.3) is 30.4 Å². The zero-order chi connectivity index (χ0) is 77.4. The maximum atomic E-state index is 14.0. The van der Waals surface area contributed by atoms with Gasteiger partial charge in [-0.05, 0) is 107 Å². The van der Waals surface area contributed by atoms with Crippen molar-refractivity contribution in [1.29, 1.82) is 0 Å². The monoisotopic (exact) mass is 1620 g/mol. The smallest absolute Gasteiger partial charge is 0.299 e. The fourth-order valence-corrected chi connectivity index (χ4v) is 14.7. The number of benzene rings is 8. The van der Waals surface area contributed by atoms with Crippen LogP contribution in [0.4, 0.5) is 81.2 Å². The Bertz CT molecular complexity index is 5430. The number of phenolic OH excluding ortho intramolecular Hbond substituents is 2. The summed E-state index contributed by atoms with van der Waals surface area (Å²) < 4.78 is 124. The van der Waals surface area contributed by atoms with Crippen molar-refractivity contribution < 1.29 is 100 Å². The van der Waals surface area contributed by atoms with Crippen LogP contribution in [0, 0.1) is 0 Å². The van der Waals surface area contributed by atoms with Crippen molar-refractivity contribution in [3.05, 3.63) is 145 Å². The van der Waals surface area contributed by atoms with Gasteiger partial charge in [0.05, 0.1) is 138 Å². The Kier molecular flexibility index (Phi) is 26.5. The van der Waals surface area contributed by atoms with Crippen LogP contribution in [0.15, 0.2) is 183 Å². The van der Waals surface area contributed by atoms with Gasteiger partial charge < -0.3 is 50.8 Å². The van der Waals surface area contributed by atoms with Crippen LogP contribution in [-0.4, -0.2) is 161 Å². The minimum atomic E-state index is -4.55. The van der Waals surface area contributed by atoms with E-state index in [0.29, 0.717) is 109 Å². The number of hydrogen-bond donors (Lipinski definition) is 6. The summed E-state index contributed by atoms with van der Waals surface area (Å²) >= 11 is 2.00. The summed E-state index contributed by atoms with van der Waals surface area (Å²) in [7, 11) is -6.88. The molecule has 44 heteroatoms. The number of morpholine rings is 2. The molecular formula is C66H64N16O22S6. The molecular weight excluding hydrogens is 1560 g/mol. The zero-order valence-electron chi connectivity index (χ0n) is 58.4. The minimum Gasteiger partial charge on any atom is -0.505 e. The number of rotatable bonds is 34. The topological polar surface area (TPSA) is 453 Å². The van der Waals surface area contributed by atoms with E-state index in [2.05, 4.69) is 66.6 Å². The predicted octanol–water partition coefficient (Wildman–Crippen LogP) is 13.0. The molecule has 576 valence electrons. The first-order chi connectivity index (χ1) is 53.3. The van der Waals surface area contributed by atoms with Crippen LogP contribution in [-0.2, 0) is 95.2 Å². The largest absolute Gasteiger partial charge is 0.505 e. The fourth-order valence-electron chi connectivity index (χ4n) is 10.7. The highest BCUT2D eigenvalue weighted by atomic mass is 32.2. The summed E-state index contributed by atoms with van der Waals surface area (Å²) in [6.45, 7) is 2.76. The summed E-state index contributed by atoms with van der Waals surface area (Å²) in [5.41, 5.74) is 1.40. The third kappa shape index (κ3) is 19.6. The van der Waals surface area contributed by atoms with Crippen molar-refractivity contribution in [2.24, 2.45) is 20.5 Å². The van der Waals surface area contributed by atoms with Crippen molar-refractivity contribution in [1.82, 2.24) is 29.9 Å². The molecule has 2 fully saturated rings. The molecule has 2 aliphatic heterocycles. The molecule has 0 unspecified atom stereocenters. The molecule has 110 heavy (non-hydrogen) atoms. The maximum Gasteiger partial charge on any atom is 0.299 e. The normalized spacial score (nSPS) is 13.9. The van der Waals surface area contributed by atoms with Crippen LogP contribution in [0.3, 0.4) is 0 Å². The van der Waals surface area contributed by atoms with Crippen LogP contribution in [0.1, 0.15) is 11.1 Å². The van der Waals surface area contributed by atoms with Crippen molar-refractivity contribution >= 4 is 181 Å². The van der Waals surface area contributed by atoms with E-state index in [1.54, 1.807) is 97.1 Å². The van der Waals surface area contributed by atoms with Gasteiger partial charge in [0.1, 0.15) is 21.2 Å². The molecule has 2 aromatic heterocycles. The average molecular weight is 1630 g/mol. The minimum absolute atomic E-state index is 0.00358. The molecule has 4 heterocycles. The Morgan fingerprint density at radius 1 is 0.445 bits per heavy atom. The number of nitrogens with zero attached hydrogens (tertiary/aromatic N) is 12. The second kappa shape index (κ2) is 36.7. The van der Waals surface area contributed by atoms with Gasteiger partial charge in [-0.1, -0.05) is 75.8 Å². The van der Waals surface area contributed by atoms with Crippen molar-refractivity contribution in [2.45, 2.75) is 29.4 Å². The summed E-state index contributed by atoms with van der Waals surface area (Å²) in [6, 6.07) is 34.7. The van der Waals surface area contributed by atoms with E-state index in [4.69, 9.17) is 69.9 Å². The van der Waals surface area contributed by atoms with Gasteiger partial charge in [-0.3, -0.25) is 12.5 Å². The molecule has 0 radical (unpaired) electrons. The van der Waals surface area contributed by atoms with Gasteiger partial charge in [-0.25, -0.2) is 14.7 Å². The second-order valence-corrected chi connectivity index (χ2v) is 29.8. The first kappa shape index (κ1) is 79.5. The van der Waals surface area contributed by atoms with E-state index >= 15 is 0 Å². The summed E-state index contributed by atoms with van der Waals surface area (Å²) in [5.74, 6) is -1.17. The molecule has 0 atom stereocenters. The van der Waals surface area contributed by atoms with E-state index < -0.39 is 52.4 Å². The number of ether oxygens (including phenoxy) is 2. The van der Waals surface area contributed by atoms with E-state index in [0.717, 1.165) is 33.4 Å². The lowest BCUT2D eigenvalue weighted by Gasteiger charge is -2.27. The molecule has 8 aromatic carbocycles. The van der Waals surface area contributed by atoms with Crippen LogP contribution in [0.25, 0.3) is 33.7 Å². The molecule has 12 rings (SSSR count). The van der Waals surface area contributed by atoms with E-state index in [9.17, 15) is 35.5 Å². The Morgan fingerprint density at radius 3 is 1.44 bits per heavy atom. The quantitative estimate of drug-likeness (QED) is 0.00415. The Labute approximate surface area is 640 Å². The van der Waals surface area contributed by atoms with E-state index in [1.807, 2.05) is 9.80 Å². The number of anilines is 10. The van der Waals surface area contributed by atoms with E-state index in [-0.39, 0.29) is 100 Å². The molecule has 0 bridgehead atoms. The molecule has 0 spiro atoms. The van der Waals surface area contributed by atoms with Gasteiger partial charge >= 0.3 is 0 Å². The summed E-state index contributed by atoms with van der Waals surface area (Å²) in [5, 5.41) is 68.5. The molecule has 2 saturated heterocycles. The number of hydrogen-bond acceptors (Lipinski definition) is 41. The van der Waals surface area contributed by atoms with Crippen molar-refractivity contribution in [2.75, 3.05) is 126 Å². The lowest BCUT2D eigenvalue weighted by atomic mass is 10.1. The number of aromatic hydroxyl groups is 2. The highest BCUT2D eigenvalue weighted by molar-refractivity contribution is 7.95. The average Bonchev–Trinajstić information content (AvgIpc) is 0.745. The molecule has 10 aromatic rings. The van der Waals surface area contributed by atoms with Crippen molar-refractivity contribution in [3.8, 4) is 11.5 Å². The van der Waals surface area contributed by atoms with Crippen LogP contribution in [0.5, 0.6) is 11.5 Å². The molecule has 0 aliphatic carbocycles. The Hall–Kier alpha value is -10.0. The number of azo groups is 2. The number of aromatic nitrogens is 6. The van der Waals surface area contributed by atoms with Gasteiger partial charge in [0, 0.05) is 58.1 Å². The lowest BCUT2D eigenvalue weighted by molar-refractivity contribution is -0.447. The van der Waals surface area contributed by atoms with E-state index in [1.165, 1.54) is 69.9 Å². The summed E-state index contributed by atoms with van der Waals surface area (Å²) in [6.07, 6.45) is 3.12. The van der Waals surface area contributed by atoms with Gasteiger partial charge in [-0.15, -0.1) is 23.2 Å². The molecule has 6 N–H and O–H groups in total. The predicted molar refractivity (Wildman–Crippen MR) is 401 cm³/mol. The zero-order valence-corrected chi connectivity index (χ0v) is 63.3. The molecule has 2 aliphatic rings. The van der Waals surface area contributed by atoms with Gasteiger partial charge in [0.2, 0.25) is 35.7 Å². The van der Waals surface area contributed by atoms with Gasteiger partial charge in [-0.2, -0.15) is 65.4 Å². The lowest BCUT2D eigenvalue weighted by Crippen LogP contribution is -2.37. The highest BCUT2D eigenvalue weighted by Gasteiger charge is 2.29. The van der Waals surface area contributed by atoms with Crippen molar-refractivity contribution in [3.63, 3.8) is 0 Å². The second-order valence-electron chi connectivity index (χ2n) is 22.5. The molecule has 0 saturated carbocycles. The van der Waals surface area contributed by atoms with Crippen LogP contribution >= 0.6 is 36.1 Å². The van der Waals surface area contributed by atoms with Crippen LogP contribution in [0.2, 0.25) is 0 Å².